The molecule has 0 unspecified atom stereocenters. The van der Waals surface area contributed by atoms with Gasteiger partial charge < -0.3 is 26.1 Å². The molecule has 0 fully saturated rings. The van der Waals surface area contributed by atoms with E-state index in [0.717, 1.165) is 36.4 Å². The van der Waals surface area contributed by atoms with Gasteiger partial charge in [0.15, 0.2) is 0 Å². The van der Waals surface area contributed by atoms with Crippen molar-refractivity contribution < 1.29 is 19.2 Å². The zero-order chi connectivity index (χ0) is 31.7. The van der Waals surface area contributed by atoms with Gasteiger partial charge in [0.2, 0.25) is 17.7 Å². The molecular weight excluding hydrogens is 569 g/mol. The lowest BCUT2D eigenvalue weighted by Gasteiger charge is -2.28. The van der Waals surface area contributed by atoms with E-state index in [9.17, 15) is 19.2 Å². The Balaban J connectivity index is 2.60. The summed E-state index contributed by atoms with van der Waals surface area (Å²) in [6.45, 7) is 13.6. The maximum atomic E-state index is 13.3. The van der Waals surface area contributed by atoms with Crippen molar-refractivity contribution in [2.24, 2.45) is 11.8 Å². The average Bonchev–Trinajstić information content (AvgIpc) is 2.95. The number of thioether (sulfide) groups is 2. The monoisotopic (exact) mass is 622 g/mol. The third kappa shape index (κ3) is 14.9. The molecule has 0 bridgehead atoms. The molecule has 10 heteroatoms. The van der Waals surface area contributed by atoms with Gasteiger partial charge in [-0.3, -0.25) is 14.4 Å². The van der Waals surface area contributed by atoms with E-state index >= 15 is 0 Å². The lowest BCUT2D eigenvalue weighted by Crippen LogP contribution is -2.56. The second-order valence-electron chi connectivity index (χ2n) is 12.0. The van der Waals surface area contributed by atoms with E-state index in [4.69, 9.17) is 0 Å². The predicted molar refractivity (Wildman–Crippen MR) is 178 cm³/mol. The fraction of sp³-hybridized carbons (Fsp3) is 0.688. The molecule has 0 aromatic heterocycles. The first-order chi connectivity index (χ1) is 19.8. The van der Waals surface area contributed by atoms with Crippen LogP contribution in [0.5, 0.6) is 0 Å². The van der Waals surface area contributed by atoms with Gasteiger partial charge in [0, 0.05) is 35.5 Å². The van der Waals surface area contributed by atoms with Crippen LogP contribution in [-0.4, -0.2) is 66.2 Å². The highest BCUT2D eigenvalue weighted by Crippen LogP contribution is 2.20. The van der Waals surface area contributed by atoms with Gasteiger partial charge in [-0.05, 0) is 56.7 Å². The minimum absolute atomic E-state index is 0.01000. The molecule has 0 aliphatic carbocycles. The second kappa shape index (κ2) is 20.0. The maximum Gasteiger partial charge on any atom is 0.243 e. The van der Waals surface area contributed by atoms with E-state index in [1.54, 1.807) is 44.4 Å². The molecule has 238 valence electrons. The van der Waals surface area contributed by atoms with E-state index < -0.39 is 11.6 Å². The summed E-state index contributed by atoms with van der Waals surface area (Å²) in [5, 5.41) is 12.0. The van der Waals surface area contributed by atoms with E-state index in [2.05, 4.69) is 66.3 Å². The molecule has 0 spiro atoms. The van der Waals surface area contributed by atoms with Crippen molar-refractivity contribution in [3.8, 4) is 0 Å². The number of carbonyl (C=O) groups excluding carboxylic acids is 4. The SMILES string of the molecule is CC[C@H](CSCc1cccc(CSCCC(=O)NC(C)(C)C=O)c1)NC(=O)[C@@H](NC(=O)[C@H](CC(C)C)NC)[C@@H](C)CC. The highest BCUT2D eigenvalue weighted by molar-refractivity contribution is 7.98. The second-order valence-corrected chi connectivity index (χ2v) is 14.1. The normalized spacial score (nSPS) is 14.5. The first kappa shape index (κ1) is 38.0. The summed E-state index contributed by atoms with van der Waals surface area (Å²) >= 11 is 3.48. The third-order valence-corrected chi connectivity index (χ3v) is 9.29. The molecule has 0 saturated heterocycles. The first-order valence-electron chi connectivity index (χ1n) is 15.1. The number of aldehydes is 1. The van der Waals surface area contributed by atoms with Gasteiger partial charge in [0.1, 0.15) is 12.3 Å². The Morgan fingerprint density at radius 1 is 0.952 bits per heavy atom. The molecule has 0 radical (unpaired) electrons. The maximum absolute atomic E-state index is 13.3. The Bertz CT molecular complexity index is 989. The van der Waals surface area contributed by atoms with Crippen molar-refractivity contribution in [3.05, 3.63) is 35.4 Å². The molecule has 1 rings (SSSR count). The Hall–Kier alpha value is -2.04. The lowest BCUT2D eigenvalue weighted by molar-refractivity contribution is -0.131. The minimum atomic E-state index is -0.831. The number of benzene rings is 1. The fourth-order valence-electron chi connectivity index (χ4n) is 4.27. The van der Waals surface area contributed by atoms with Crippen LogP contribution in [0.25, 0.3) is 0 Å². The Labute approximate surface area is 262 Å². The topological polar surface area (TPSA) is 116 Å². The molecule has 0 aliphatic heterocycles. The number of amides is 3. The lowest BCUT2D eigenvalue weighted by atomic mass is 9.96. The van der Waals surface area contributed by atoms with Crippen LogP contribution in [-0.2, 0) is 30.7 Å². The molecule has 4 atom stereocenters. The standard InChI is InChI=1S/C32H54N4O4S2/c1-9-23(5)29(35-30(39)27(33-8)16-22(3)4)31(40)34-26(10-2)20-42-19-25-13-11-12-24(17-25)18-41-15-14-28(38)36-32(6,7)21-37/h11-13,17,21-23,26-27,29,33H,9-10,14-16,18-20H2,1-8H3,(H,34,40)(H,35,39)(H,36,38)/t23-,26+,27-,29-/m0/s1. The number of nitrogens with one attached hydrogen (secondary N) is 4. The van der Waals surface area contributed by atoms with Crippen LogP contribution in [0.3, 0.4) is 0 Å². The van der Waals surface area contributed by atoms with Crippen molar-refractivity contribution in [1.29, 1.82) is 0 Å². The minimum Gasteiger partial charge on any atom is -0.351 e. The fourth-order valence-corrected chi connectivity index (χ4v) is 6.30. The molecule has 0 heterocycles. The zero-order valence-electron chi connectivity index (χ0n) is 26.9. The molecule has 3 amide bonds. The third-order valence-electron chi connectivity index (χ3n) is 7.08. The number of hydrogen-bond acceptors (Lipinski definition) is 7. The van der Waals surface area contributed by atoms with Crippen LogP contribution in [0, 0.1) is 11.8 Å². The summed E-state index contributed by atoms with van der Waals surface area (Å²) in [6, 6.07) is 7.57. The molecule has 42 heavy (non-hydrogen) atoms. The first-order valence-corrected chi connectivity index (χ1v) is 17.4. The van der Waals surface area contributed by atoms with Crippen molar-refractivity contribution in [1.82, 2.24) is 21.3 Å². The van der Waals surface area contributed by atoms with Crippen molar-refractivity contribution in [2.45, 2.75) is 109 Å². The number of carbonyl (C=O) groups is 4. The van der Waals surface area contributed by atoms with Gasteiger partial charge in [0.25, 0.3) is 0 Å². The number of likely N-dealkylation sites (N-methyl/N-ethyl adjacent to an activating group) is 1. The number of rotatable bonds is 21. The number of hydrogen-bond donors (Lipinski definition) is 4. The molecular formula is C32H54N4O4S2. The van der Waals surface area contributed by atoms with Crippen LogP contribution >= 0.6 is 23.5 Å². The summed E-state index contributed by atoms with van der Waals surface area (Å²) in [6.07, 6.45) is 3.43. The molecule has 8 nitrogen and oxygen atoms in total. The smallest absolute Gasteiger partial charge is 0.243 e. The molecule has 1 aromatic rings. The molecule has 1 aromatic carbocycles. The van der Waals surface area contributed by atoms with Crippen LogP contribution in [0.4, 0.5) is 0 Å². The Morgan fingerprint density at radius 3 is 2.14 bits per heavy atom. The van der Waals surface area contributed by atoms with Crippen LogP contribution in [0.2, 0.25) is 0 Å². The molecule has 0 saturated carbocycles. The van der Waals surface area contributed by atoms with Gasteiger partial charge >= 0.3 is 0 Å². The highest BCUT2D eigenvalue weighted by Gasteiger charge is 2.30. The summed E-state index contributed by atoms with van der Waals surface area (Å²) < 4.78 is 0. The van der Waals surface area contributed by atoms with Gasteiger partial charge in [-0.1, -0.05) is 65.3 Å². The van der Waals surface area contributed by atoms with Gasteiger partial charge in [0.05, 0.1) is 11.6 Å². The Morgan fingerprint density at radius 2 is 1.60 bits per heavy atom. The highest BCUT2D eigenvalue weighted by atomic mass is 32.2. The van der Waals surface area contributed by atoms with Crippen molar-refractivity contribution in [2.75, 3.05) is 18.6 Å². The molecule has 4 N–H and O–H groups in total. The van der Waals surface area contributed by atoms with E-state index in [1.807, 2.05) is 13.8 Å². The predicted octanol–water partition coefficient (Wildman–Crippen LogP) is 4.70. The molecule has 0 aliphatic rings. The van der Waals surface area contributed by atoms with Gasteiger partial charge in [-0.25, -0.2) is 0 Å². The summed E-state index contributed by atoms with van der Waals surface area (Å²) in [5.41, 5.74) is 1.59. The van der Waals surface area contributed by atoms with E-state index in [-0.39, 0.29) is 35.7 Å². The quantitative estimate of drug-likeness (QED) is 0.116. The van der Waals surface area contributed by atoms with Crippen LogP contribution < -0.4 is 21.3 Å². The van der Waals surface area contributed by atoms with Crippen molar-refractivity contribution in [3.63, 3.8) is 0 Å². The Kier molecular flexibility index (Phi) is 18.1. The van der Waals surface area contributed by atoms with Crippen molar-refractivity contribution >= 4 is 47.5 Å². The van der Waals surface area contributed by atoms with E-state index in [0.29, 0.717) is 24.5 Å². The largest absolute Gasteiger partial charge is 0.351 e. The average molecular weight is 623 g/mol. The van der Waals surface area contributed by atoms with Gasteiger partial charge in [-0.2, -0.15) is 23.5 Å². The van der Waals surface area contributed by atoms with E-state index in [1.165, 1.54) is 11.1 Å². The van der Waals surface area contributed by atoms with Gasteiger partial charge in [-0.15, -0.1) is 0 Å². The van der Waals surface area contributed by atoms with Crippen LogP contribution in [0.1, 0.15) is 85.3 Å². The summed E-state index contributed by atoms with van der Waals surface area (Å²) in [5.74, 6) is 3.13. The van der Waals surface area contributed by atoms with Crippen LogP contribution in [0.15, 0.2) is 24.3 Å². The zero-order valence-corrected chi connectivity index (χ0v) is 28.5. The summed E-state index contributed by atoms with van der Waals surface area (Å²) in [7, 11) is 1.78. The summed E-state index contributed by atoms with van der Waals surface area (Å²) in [4.78, 5) is 49.3.